The van der Waals surface area contributed by atoms with E-state index in [0.717, 1.165) is 35.9 Å². The third-order valence-corrected chi connectivity index (χ3v) is 6.29. The maximum absolute atomic E-state index is 13.3. The van der Waals surface area contributed by atoms with Crippen LogP contribution in [0.4, 0.5) is 0 Å². The van der Waals surface area contributed by atoms with Gasteiger partial charge >= 0.3 is 0 Å². The molecule has 1 fully saturated rings. The Bertz CT molecular complexity index is 1060. The highest BCUT2D eigenvalue weighted by Gasteiger charge is 2.34. The van der Waals surface area contributed by atoms with E-state index in [2.05, 4.69) is 4.98 Å². The first-order valence-corrected chi connectivity index (χ1v) is 9.90. The molecule has 5 nitrogen and oxygen atoms in total. The Hall–Kier alpha value is -2.73. The molecule has 2 heterocycles. The van der Waals surface area contributed by atoms with Gasteiger partial charge in [-0.1, -0.05) is 30.3 Å². The summed E-state index contributed by atoms with van der Waals surface area (Å²) < 4.78 is 27.8. The number of aldehydes is 1. The molecule has 6 heteroatoms. The number of aryl methyl sites for hydroxylation is 1. The molecule has 0 unspecified atom stereocenters. The third-order valence-electron chi connectivity index (χ3n) is 4.64. The van der Waals surface area contributed by atoms with Crippen LogP contribution in [0.15, 0.2) is 59.8 Å². The minimum atomic E-state index is -3.86. The fraction of sp³-hybridized carbons (Fsp3) is 0.200. The van der Waals surface area contributed by atoms with Crippen LogP contribution in [-0.4, -0.2) is 23.7 Å². The Balaban J connectivity index is 1.99. The summed E-state index contributed by atoms with van der Waals surface area (Å²) in [7, 11) is -3.86. The largest absolute Gasteiger partial charge is 0.298 e. The molecule has 3 aromatic rings. The highest BCUT2D eigenvalue weighted by atomic mass is 32.2. The molecule has 0 radical (unpaired) electrons. The average molecular weight is 366 g/mol. The van der Waals surface area contributed by atoms with E-state index in [1.54, 1.807) is 19.1 Å². The monoisotopic (exact) mass is 366 g/mol. The van der Waals surface area contributed by atoms with Crippen molar-refractivity contribution in [3.63, 3.8) is 0 Å². The molecule has 0 bridgehead atoms. The van der Waals surface area contributed by atoms with E-state index >= 15 is 0 Å². The van der Waals surface area contributed by atoms with E-state index < -0.39 is 10.0 Å². The first-order valence-electron chi connectivity index (χ1n) is 8.46. The maximum atomic E-state index is 13.3. The number of aromatic nitrogens is 2. The molecule has 1 aliphatic carbocycles. The van der Waals surface area contributed by atoms with Gasteiger partial charge in [0, 0.05) is 23.7 Å². The number of carbonyl (C=O) groups excluding carboxylic acids is 1. The molecule has 4 rings (SSSR count). The van der Waals surface area contributed by atoms with E-state index in [9.17, 15) is 13.2 Å². The number of nitrogens with zero attached hydrogens (tertiary/aromatic N) is 2. The van der Waals surface area contributed by atoms with Crippen molar-refractivity contribution in [2.75, 3.05) is 0 Å². The number of benzene rings is 1. The van der Waals surface area contributed by atoms with Crippen molar-refractivity contribution in [3.05, 3.63) is 71.7 Å². The van der Waals surface area contributed by atoms with E-state index in [-0.39, 0.29) is 10.8 Å². The van der Waals surface area contributed by atoms with E-state index in [0.29, 0.717) is 11.3 Å². The Kier molecular flexibility index (Phi) is 4.00. The van der Waals surface area contributed by atoms with Gasteiger partial charge in [-0.05, 0) is 48.9 Å². The standard InChI is InChI=1S/C20H18N2O3S/c1-14-7-10-18(11-21-14)26(24,25)22-12-17(13-23)19(15-8-9-15)20(22)16-5-3-2-4-6-16/h2-7,10-13,15H,8-9H2,1H3. The average Bonchev–Trinajstić information content (AvgIpc) is 3.41. The molecule has 132 valence electrons. The predicted octanol–water partition coefficient (Wildman–Crippen LogP) is 3.79. The normalized spacial score (nSPS) is 14.3. The van der Waals surface area contributed by atoms with Gasteiger partial charge in [-0.2, -0.15) is 0 Å². The lowest BCUT2D eigenvalue weighted by Gasteiger charge is -2.12. The summed E-state index contributed by atoms with van der Waals surface area (Å²) in [6, 6.07) is 12.6. The lowest BCUT2D eigenvalue weighted by atomic mass is 10.0. The molecule has 1 saturated carbocycles. The van der Waals surface area contributed by atoms with Crippen LogP contribution in [0.3, 0.4) is 0 Å². The molecule has 2 aromatic heterocycles. The number of hydrogen-bond acceptors (Lipinski definition) is 4. The quantitative estimate of drug-likeness (QED) is 0.644. The minimum Gasteiger partial charge on any atom is -0.298 e. The molecular weight excluding hydrogens is 348 g/mol. The van der Waals surface area contributed by atoms with Crippen LogP contribution in [-0.2, 0) is 10.0 Å². The van der Waals surface area contributed by atoms with Crippen molar-refractivity contribution in [3.8, 4) is 11.3 Å². The smallest absolute Gasteiger partial charge is 0.269 e. The van der Waals surface area contributed by atoms with Crippen LogP contribution in [0, 0.1) is 6.92 Å². The van der Waals surface area contributed by atoms with E-state index in [4.69, 9.17) is 0 Å². The highest BCUT2D eigenvalue weighted by molar-refractivity contribution is 7.90. The highest BCUT2D eigenvalue weighted by Crippen LogP contribution is 2.47. The van der Waals surface area contributed by atoms with Gasteiger partial charge in [-0.15, -0.1) is 0 Å². The summed E-state index contributed by atoms with van der Waals surface area (Å²) in [6.07, 6.45) is 5.49. The molecule has 1 aromatic carbocycles. The van der Waals surface area contributed by atoms with Gasteiger partial charge < -0.3 is 0 Å². The summed E-state index contributed by atoms with van der Waals surface area (Å²) in [6.45, 7) is 1.80. The fourth-order valence-corrected chi connectivity index (χ4v) is 4.55. The first kappa shape index (κ1) is 16.7. The number of carbonyl (C=O) groups is 1. The summed E-state index contributed by atoms with van der Waals surface area (Å²) in [5.41, 5.74) is 3.37. The predicted molar refractivity (Wildman–Crippen MR) is 98.8 cm³/mol. The first-order chi connectivity index (χ1) is 12.5. The molecule has 0 amide bonds. The molecule has 0 spiro atoms. The van der Waals surface area contributed by atoms with Crippen molar-refractivity contribution in [2.45, 2.75) is 30.6 Å². The van der Waals surface area contributed by atoms with Crippen molar-refractivity contribution < 1.29 is 13.2 Å². The molecule has 0 aliphatic heterocycles. The zero-order valence-electron chi connectivity index (χ0n) is 14.3. The van der Waals surface area contributed by atoms with E-state index in [1.165, 1.54) is 16.4 Å². The van der Waals surface area contributed by atoms with Gasteiger partial charge in [0.2, 0.25) is 0 Å². The van der Waals surface area contributed by atoms with Crippen molar-refractivity contribution in [2.24, 2.45) is 0 Å². The van der Waals surface area contributed by atoms with Crippen molar-refractivity contribution >= 4 is 16.3 Å². The summed E-state index contributed by atoms with van der Waals surface area (Å²) >= 11 is 0. The second kappa shape index (κ2) is 6.21. The molecule has 0 saturated heterocycles. The topological polar surface area (TPSA) is 69.0 Å². The molecule has 26 heavy (non-hydrogen) atoms. The summed E-state index contributed by atoms with van der Waals surface area (Å²) in [5.74, 6) is 0.234. The van der Waals surface area contributed by atoms with E-state index in [1.807, 2.05) is 30.3 Å². The zero-order valence-corrected chi connectivity index (χ0v) is 15.1. The van der Waals surface area contributed by atoms with Crippen LogP contribution < -0.4 is 0 Å². The van der Waals surface area contributed by atoms with Gasteiger partial charge in [0.15, 0.2) is 6.29 Å². The fourth-order valence-electron chi connectivity index (χ4n) is 3.20. The van der Waals surface area contributed by atoms with Crippen LogP contribution >= 0.6 is 0 Å². The molecule has 1 aliphatic rings. The van der Waals surface area contributed by atoms with Crippen LogP contribution in [0.2, 0.25) is 0 Å². The van der Waals surface area contributed by atoms with Crippen LogP contribution in [0.1, 0.15) is 40.4 Å². The van der Waals surface area contributed by atoms with Gasteiger partial charge in [-0.25, -0.2) is 12.4 Å². The Morgan fingerprint density at radius 1 is 1.12 bits per heavy atom. The van der Waals surface area contributed by atoms with Gasteiger partial charge in [0.1, 0.15) is 4.90 Å². The second-order valence-electron chi connectivity index (χ2n) is 6.54. The number of rotatable bonds is 5. The SMILES string of the molecule is Cc1ccc(S(=O)(=O)n2cc(C=O)c(C3CC3)c2-c2ccccc2)cn1. The Morgan fingerprint density at radius 2 is 1.85 bits per heavy atom. The van der Waals surface area contributed by atoms with Gasteiger partial charge in [0.05, 0.1) is 5.69 Å². The van der Waals surface area contributed by atoms with Gasteiger partial charge in [0.25, 0.3) is 10.0 Å². The van der Waals surface area contributed by atoms with Crippen LogP contribution in [0.5, 0.6) is 0 Å². The molecule has 0 N–H and O–H groups in total. The lowest BCUT2D eigenvalue weighted by Crippen LogP contribution is -2.14. The molecular formula is C20H18N2O3S. The second-order valence-corrected chi connectivity index (χ2v) is 8.36. The number of hydrogen-bond donors (Lipinski definition) is 0. The Morgan fingerprint density at radius 3 is 2.42 bits per heavy atom. The van der Waals surface area contributed by atoms with Crippen LogP contribution in [0.25, 0.3) is 11.3 Å². The molecule has 0 atom stereocenters. The zero-order chi connectivity index (χ0) is 18.3. The number of pyridine rings is 1. The lowest BCUT2D eigenvalue weighted by molar-refractivity contribution is 0.112. The maximum Gasteiger partial charge on any atom is 0.269 e. The van der Waals surface area contributed by atoms with Gasteiger partial charge in [-0.3, -0.25) is 9.78 Å². The summed E-state index contributed by atoms with van der Waals surface area (Å²) in [5, 5.41) is 0. The minimum absolute atomic E-state index is 0.107. The summed E-state index contributed by atoms with van der Waals surface area (Å²) in [4.78, 5) is 15.9. The third kappa shape index (κ3) is 2.76. The van der Waals surface area contributed by atoms with Crippen molar-refractivity contribution in [1.29, 1.82) is 0 Å². The Labute approximate surface area is 152 Å². The van der Waals surface area contributed by atoms with Crippen molar-refractivity contribution in [1.82, 2.24) is 8.96 Å².